The molecule has 0 spiro atoms. The second kappa shape index (κ2) is 8.85. The zero-order chi connectivity index (χ0) is 23.0. The van der Waals surface area contributed by atoms with E-state index in [2.05, 4.69) is 31.4 Å². The Kier molecular flexibility index (Phi) is 6.30. The van der Waals surface area contributed by atoms with Gasteiger partial charge in [-0.1, -0.05) is 26.8 Å². The number of imide groups is 1. The van der Waals surface area contributed by atoms with Gasteiger partial charge in [0.1, 0.15) is 6.04 Å². The topological polar surface area (TPSA) is 105 Å². The normalized spacial score (nSPS) is 27.2. The molecule has 0 aromatic heterocycles. The maximum absolute atomic E-state index is 13.1. The quantitative estimate of drug-likeness (QED) is 0.610. The Hall–Kier alpha value is -2.41. The molecule has 1 aromatic rings. The molecular weight excluding hydrogens is 404 g/mol. The lowest BCUT2D eigenvalue weighted by Crippen LogP contribution is -2.52. The summed E-state index contributed by atoms with van der Waals surface area (Å²) in [4.78, 5) is 38.7. The van der Waals surface area contributed by atoms with E-state index >= 15 is 0 Å². The SMILES string of the molecule is CC(C)(C)C[C@@H](Nc1cccc2c1CN([C@@H]1CCC(=O)NC1=O)C2=O)C1CCC(N)CC1. The fourth-order valence-electron chi connectivity index (χ4n) is 5.46. The summed E-state index contributed by atoms with van der Waals surface area (Å²) in [6.45, 7) is 7.18. The average molecular weight is 441 g/mol. The van der Waals surface area contributed by atoms with Crippen LogP contribution in [0.25, 0.3) is 0 Å². The van der Waals surface area contributed by atoms with Crippen molar-refractivity contribution in [2.24, 2.45) is 17.1 Å². The molecule has 3 aliphatic rings. The Morgan fingerprint density at radius 3 is 2.50 bits per heavy atom. The van der Waals surface area contributed by atoms with Gasteiger partial charge in [-0.15, -0.1) is 0 Å². The van der Waals surface area contributed by atoms with Crippen LogP contribution in [0.15, 0.2) is 18.2 Å². The molecule has 0 bridgehead atoms. The second-order valence-electron chi connectivity index (χ2n) is 10.9. The third kappa shape index (κ3) is 4.82. The van der Waals surface area contributed by atoms with E-state index in [1.165, 1.54) is 0 Å². The average Bonchev–Trinajstić information content (AvgIpc) is 3.05. The first-order valence-corrected chi connectivity index (χ1v) is 11.9. The van der Waals surface area contributed by atoms with E-state index in [0.29, 0.717) is 36.5 Å². The molecule has 2 aliphatic heterocycles. The van der Waals surface area contributed by atoms with Crippen LogP contribution in [0, 0.1) is 11.3 Å². The number of rotatable bonds is 5. The fraction of sp³-hybridized carbons (Fsp3) is 0.640. The van der Waals surface area contributed by atoms with Gasteiger partial charge < -0.3 is 16.0 Å². The molecule has 3 amide bonds. The van der Waals surface area contributed by atoms with Crippen molar-refractivity contribution in [2.45, 2.75) is 90.4 Å². The molecule has 2 heterocycles. The highest BCUT2D eigenvalue weighted by molar-refractivity contribution is 6.06. The summed E-state index contributed by atoms with van der Waals surface area (Å²) in [7, 11) is 0. The number of nitrogens with two attached hydrogens (primary N) is 1. The van der Waals surface area contributed by atoms with Crippen LogP contribution < -0.4 is 16.4 Å². The summed E-state index contributed by atoms with van der Waals surface area (Å²) in [6, 6.07) is 5.82. The number of carbonyl (C=O) groups excluding carboxylic acids is 3. The van der Waals surface area contributed by atoms with Gasteiger partial charge in [-0.3, -0.25) is 19.7 Å². The van der Waals surface area contributed by atoms with Gasteiger partial charge in [0.05, 0.1) is 0 Å². The largest absolute Gasteiger partial charge is 0.382 e. The number of nitrogens with one attached hydrogen (secondary N) is 2. The van der Waals surface area contributed by atoms with Crippen LogP contribution in [0.1, 0.15) is 81.6 Å². The summed E-state index contributed by atoms with van der Waals surface area (Å²) < 4.78 is 0. The lowest BCUT2D eigenvalue weighted by Gasteiger charge is -2.37. The summed E-state index contributed by atoms with van der Waals surface area (Å²) in [6.07, 6.45) is 6.02. The molecule has 0 radical (unpaired) electrons. The molecule has 7 nitrogen and oxygen atoms in total. The minimum atomic E-state index is -0.592. The number of hydrogen-bond donors (Lipinski definition) is 3. The van der Waals surface area contributed by atoms with E-state index in [1.807, 2.05) is 18.2 Å². The Morgan fingerprint density at radius 2 is 1.84 bits per heavy atom. The number of nitrogens with zero attached hydrogens (tertiary/aromatic N) is 1. The van der Waals surface area contributed by atoms with Gasteiger partial charge >= 0.3 is 0 Å². The molecule has 2 fully saturated rings. The van der Waals surface area contributed by atoms with E-state index in [-0.39, 0.29) is 29.6 Å². The van der Waals surface area contributed by atoms with Crippen molar-refractivity contribution in [1.82, 2.24) is 10.2 Å². The van der Waals surface area contributed by atoms with Gasteiger partial charge in [0.15, 0.2) is 0 Å². The van der Waals surface area contributed by atoms with Crippen molar-refractivity contribution < 1.29 is 14.4 Å². The van der Waals surface area contributed by atoms with E-state index in [9.17, 15) is 14.4 Å². The molecule has 32 heavy (non-hydrogen) atoms. The first kappa shape index (κ1) is 22.8. The number of piperidine rings is 1. The second-order valence-corrected chi connectivity index (χ2v) is 10.9. The zero-order valence-corrected chi connectivity index (χ0v) is 19.4. The van der Waals surface area contributed by atoms with E-state index in [0.717, 1.165) is 43.4 Å². The summed E-state index contributed by atoms with van der Waals surface area (Å²) in [5, 5.41) is 6.18. The van der Waals surface area contributed by atoms with Crippen molar-refractivity contribution in [2.75, 3.05) is 5.32 Å². The van der Waals surface area contributed by atoms with Gasteiger partial charge in [-0.05, 0) is 62.0 Å². The van der Waals surface area contributed by atoms with Crippen LogP contribution in [0.4, 0.5) is 5.69 Å². The monoisotopic (exact) mass is 440 g/mol. The maximum Gasteiger partial charge on any atom is 0.255 e. The summed E-state index contributed by atoms with van der Waals surface area (Å²) >= 11 is 0. The molecule has 4 N–H and O–H groups in total. The lowest BCUT2D eigenvalue weighted by molar-refractivity contribution is -0.136. The molecule has 174 valence electrons. The number of benzene rings is 1. The number of anilines is 1. The van der Waals surface area contributed by atoms with Crippen LogP contribution in [0.3, 0.4) is 0 Å². The number of fused-ring (bicyclic) bond motifs is 1. The van der Waals surface area contributed by atoms with Crippen molar-refractivity contribution in [3.63, 3.8) is 0 Å². The Morgan fingerprint density at radius 1 is 1.12 bits per heavy atom. The molecular formula is C25H36N4O3. The molecule has 1 aliphatic carbocycles. The third-order valence-electron chi connectivity index (χ3n) is 7.14. The summed E-state index contributed by atoms with van der Waals surface area (Å²) in [5.74, 6) is -0.224. The van der Waals surface area contributed by atoms with Crippen molar-refractivity contribution >= 4 is 23.4 Å². The maximum atomic E-state index is 13.1. The Labute approximate surface area is 190 Å². The Balaban J connectivity index is 1.56. The standard InChI is InChI=1S/C25H36N4O3/c1-25(2,3)13-20(15-7-9-16(26)10-8-15)27-19-6-4-5-17-18(19)14-29(24(17)32)21-11-12-22(30)28-23(21)31/h4-6,15-16,20-21,27H,7-14,26H2,1-3H3,(H,28,30,31)/t15?,16?,20-,21-/m1/s1. The van der Waals surface area contributed by atoms with Gasteiger partial charge in [-0.2, -0.15) is 0 Å². The van der Waals surface area contributed by atoms with Gasteiger partial charge in [0.2, 0.25) is 11.8 Å². The van der Waals surface area contributed by atoms with Crippen LogP contribution in [0.2, 0.25) is 0 Å². The number of hydrogen-bond acceptors (Lipinski definition) is 5. The highest BCUT2D eigenvalue weighted by Gasteiger charge is 2.40. The predicted octanol–water partition coefficient (Wildman–Crippen LogP) is 3.18. The van der Waals surface area contributed by atoms with Crippen LogP contribution in [-0.2, 0) is 16.1 Å². The minimum absolute atomic E-state index is 0.130. The van der Waals surface area contributed by atoms with Crippen LogP contribution in [-0.4, -0.2) is 40.7 Å². The lowest BCUT2D eigenvalue weighted by atomic mass is 9.76. The Bertz CT molecular complexity index is 899. The van der Waals surface area contributed by atoms with Crippen molar-refractivity contribution in [3.8, 4) is 0 Å². The van der Waals surface area contributed by atoms with Crippen molar-refractivity contribution in [3.05, 3.63) is 29.3 Å². The van der Waals surface area contributed by atoms with E-state index < -0.39 is 6.04 Å². The van der Waals surface area contributed by atoms with E-state index in [4.69, 9.17) is 5.73 Å². The van der Waals surface area contributed by atoms with Crippen LogP contribution in [0.5, 0.6) is 0 Å². The van der Waals surface area contributed by atoms with Crippen LogP contribution >= 0.6 is 0 Å². The van der Waals surface area contributed by atoms with Crippen molar-refractivity contribution in [1.29, 1.82) is 0 Å². The third-order valence-corrected chi connectivity index (χ3v) is 7.14. The fourth-order valence-corrected chi connectivity index (χ4v) is 5.46. The molecule has 2 atom stereocenters. The summed E-state index contributed by atoms with van der Waals surface area (Å²) in [5.41, 5.74) is 8.91. The molecule has 0 unspecified atom stereocenters. The first-order chi connectivity index (χ1) is 15.1. The number of amides is 3. The molecule has 4 rings (SSSR count). The number of carbonyl (C=O) groups is 3. The van der Waals surface area contributed by atoms with Gasteiger partial charge in [0.25, 0.3) is 5.91 Å². The van der Waals surface area contributed by atoms with Gasteiger partial charge in [-0.25, -0.2) is 0 Å². The zero-order valence-electron chi connectivity index (χ0n) is 19.4. The molecule has 1 aromatic carbocycles. The molecule has 1 saturated heterocycles. The highest BCUT2D eigenvalue weighted by Crippen LogP contribution is 2.37. The molecule has 7 heteroatoms. The minimum Gasteiger partial charge on any atom is -0.382 e. The smallest absolute Gasteiger partial charge is 0.255 e. The first-order valence-electron chi connectivity index (χ1n) is 11.9. The highest BCUT2D eigenvalue weighted by atomic mass is 16.2. The molecule has 1 saturated carbocycles. The predicted molar refractivity (Wildman–Crippen MR) is 124 cm³/mol. The van der Waals surface area contributed by atoms with E-state index in [1.54, 1.807) is 4.90 Å². The van der Waals surface area contributed by atoms with Gasteiger partial charge in [0, 0.05) is 41.9 Å².